The van der Waals surface area contributed by atoms with Crippen molar-refractivity contribution in [1.29, 1.82) is 0 Å². The van der Waals surface area contributed by atoms with Crippen LogP contribution >= 0.6 is 7.82 Å². The van der Waals surface area contributed by atoms with Crippen LogP contribution in [0.25, 0.3) is 0 Å². The first-order valence-corrected chi connectivity index (χ1v) is 12.9. The first kappa shape index (κ1) is 31.3. The van der Waals surface area contributed by atoms with E-state index in [2.05, 4.69) is 23.8 Å². The van der Waals surface area contributed by atoms with Gasteiger partial charge in [0.25, 0.3) is 0 Å². The molecule has 0 saturated carbocycles. The Balaban J connectivity index is 2.99. The summed E-state index contributed by atoms with van der Waals surface area (Å²) in [4.78, 5) is 38.2. The largest absolute Gasteiger partial charge is 0.475 e. The molecule has 3 atom stereocenters. The second-order valence-electron chi connectivity index (χ2n) is 8.90. The van der Waals surface area contributed by atoms with Crippen molar-refractivity contribution in [2.45, 2.75) is 64.8 Å². The van der Waals surface area contributed by atoms with Gasteiger partial charge in [0.05, 0.1) is 25.7 Å². The molecule has 200 valence electrons. The van der Waals surface area contributed by atoms with E-state index in [0.29, 0.717) is 0 Å². The van der Waals surface area contributed by atoms with Gasteiger partial charge in [-0.2, -0.15) is 0 Å². The number of ether oxygens (including phenoxy) is 1. The molecular formula is C25H37N2O8P. The van der Waals surface area contributed by atoms with Gasteiger partial charge in [-0.25, -0.2) is 9.36 Å². The smallest absolute Gasteiger partial charge is 0.458 e. The van der Waals surface area contributed by atoms with Crippen LogP contribution in [-0.2, 0) is 43.7 Å². The van der Waals surface area contributed by atoms with Gasteiger partial charge in [0.1, 0.15) is 11.6 Å². The summed E-state index contributed by atoms with van der Waals surface area (Å²) in [5, 5.41) is 5.11. The van der Waals surface area contributed by atoms with Crippen LogP contribution < -0.4 is 10.6 Å². The molecule has 0 fully saturated rings. The van der Waals surface area contributed by atoms with Crippen molar-refractivity contribution >= 4 is 25.6 Å². The number of amides is 2. The number of carbonyl (C=O) groups excluding carboxylic acids is 3. The van der Waals surface area contributed by atoms with Gasteiger partial charge in [-0.05, 0) is 40.2 Å². The molecule has 11 heteroatoms. The molecule has 36 heavy (non-hydrogen) atoms. The van der Waals surface area contributed by atoms with Gasteiger partial charge in [-0.3, -0.25) is 23.2 Å². The van der Waals surface area contributed by atoms with Gasteiger partial charge < -0.3 is 15.4 Å². The Morgan fingerprint density at radius 1 is 1.00 bits per heavy atom. The van der Waals surface area contributed by atoms with E-state index >= 15 is 0 Å². The fraction of sp³-hybridized carbons (Fsp3) is 0.480. The number of phosphoric ester groups is 1. The van der Waals surface area contributed by atoms with Gasteiger partial charge in [-0.1, -0.05) is 42.5 Å². The summed E-state index contributed by atoms with van der Waals surface area (Å²) in [6.45, 7) is 14.6. The van der Waals surface area contributed by atoms with E-state index in [1.54, 1.807) is 32.9 Å². The minimum Gasteiger partial charge on any atom is -0.458 e. The molecule has 0 aromatic heterocycles. The second kappa shape index (κ2) is 14.7. The molecule has 2 amide bonds. The lowest BCUT2D eigenvalue weighted by Crippen LogP contribution is -2.55. The third-order valence-electron chi connectivity index (χ3n) is 4.40. The minimum atomic E-state index is -4.15. The Bertz CT molecular complexity index is 929. The molecule has 0 aliphatic carbocycles. The van der Waals surface area contributed by atoms with Gasteiger partial charge in [0.15, 0.2) is 6.04 Å². The molecule has 0 aliphatic rings. The highest BCUT2D eigenvalue weighted by atomic mass is 31.2. The van der Waals surface area contributed by atoms with Crippen LogP contribution in [0.5, 0.6) is 0 Å². The van der Waals surface area contributed by atoms with Crippen molar-refractivity contribution in [3.05, 3.63) is 61.2 Å². The van der Waals surface area contributed by atoms with E-state index in [0.717, 1.165) is 5.56 Å². The third-order valence-corrected chi connectivity index (χ3v) is 5.92. The van der Waals surface area contributed by atoms with E-state index < -0.39 is 43.5 Å². The van der Waals surface area contributed by atoms with E-state index in [-0.39, 0.29) is 25.5 Å². The molecular weight excluding hydrogens is 487 g/mol. The van der Waals surface area contributed by atoms with Crippen LogP contribution in [0.1, 0.15) is 40.2 Å². The summed E-state index contributed by atoms with van der Waals surface area (Å²) >= 11 is 0. The molecule has 0 saturated heterocycles. The zero-order chi connectivity index (χ0) is 27.4. The highest BCUT2D eigenvalue weighted by molar-refractivity contribution is 7.48. The first-order chi connectivity index (χ1) is 16.8. The number of carbonyl (C=O) groups is 3. The lowest BCUT2D eigenvalue weighted by atomic mass is 10.1. The van der Waals surface area contributed by atoms with Crippen molar-refractivity contribution in [3.63, 3.8) is 0 Å². The molecule has 10 nitrogen and oxygen atoms in total. The van der Waals surface area contributed by atoms with Crippen LogP contribution in [0.2, 0.25) is 0 Å². The van der Waals surface area contributed by atoms with Crippen molar-refractivity contribution in [2.24, 2.45) is 0 Å². The molecule has 1 aromatic carbocycles. The lowest BCUT2D eigenvalue weighted by Gasteiger charge is -2.30. The Kier molecular flexibility index (Phi) is 12.8. The maximum absolute atomic E-state index is 13.0. The number of rotatable bonds is 15. The summed E-state index contributed by atoms with van der Waals surface area (Å²) in [5.74, 6) is -1.87. The van der Waals surface area contributed by atoms with E-state index in [1.807, 2.05) is 18.2 Å². The molecule has 0 unspecified atom stereocenters. The van der Waals surface area contributed by atoms with Crippen LogP contribution in [0.3, 0.4) is 0 Å². The third kappa shape index (κ3) is 11.8. The molecule has 2 N–H and O–H groups in total. The lowest BCUT2D eigenvalue weighted by molar-refractivity contribution is -0.161. The maximum atomic E-state index is 13.0. The van der Waals surface area contributed by atoms with Crippen molar-refractivity contribution < 1.29 is 37.3 Å². The zero-order valence-corrected chi connectivity index (χ0v) is 22.4. The van der Waals surface area contributed by atoms with Crippen molar-refractivity contribution in [3.8, 4) is 0 Å². The predicted molar refractivity (Wildman–Crippen MR) is 136 cm³/mol. The monoisotopic (exact) mass is 524 g/mol. The highest BCUT2D eigenvalue weighted by Crippen LogP contribution is 2.50. The number of hydrogen-bond donors (Lipinski definition) is 2. The number of hydrogen-bond acceptors (Lipinski definition) is 8. The zero-order valence-electron chi connectivity index (χ0n) is 21.5. The van der Waals surface area contributed by atoms with Crippen LogP contribution in [0.4, 0.5) is 0 Å². The molecule has 1 rings (SSSR count). The minimum absolute atomic E-state index is 0.0813. The summed E-state index contributed by atoms with van der Waals surface area (Å²) in [5.41, 5.74) is -0.0939. The molecule has 0 bridgehead atoms. The number of phosphoric acid groups is 1. The van der Waals surface area contributed by atoms with E-state index in [1.165, 1.54) is 26.0 Å². The van der Waals surface area contributed by atoms with E-state index in [9.17, 15) is 18.9 Å². The Labute approximate surface area is 213 Å². The quantitative estimate of drug-likeness (QED) is 0.203. The first-order valence-electron chi connectivity index (χ1n) is 11.5. The summed E-state index contributed by atoms with van der Waals surface area (Å²) in [6, 6.07) is 6.66. The number of esters is 1. The fourth-order valence-corrected chi connectivity index (χ4v) is 4.10. The summed E-state index contributed by atoms with van der Waals surface area (Å²) in [6.07, 6.45) is 1.59. The van der Waals surface area contributed by atoms with Crippen LogP contribution in [0.15, 0.2) is 55.6 Å². The molecule has 1 aromatic rings. The Morgan fingerprint density at radius 3 is 2.06 bits per heavy atom. The average Bonchev–Trinajstić information content (AvgIpc) is 2.79. The van der Waals surface area contributed by atoms with E-state index in [4.69, 9.17) is 18.3 Å². The molecule has 0 aliphatic heterocycles. The van der Waals surface area contributed by atoms with Gasteiger partial charge in [0.2, 0.25) is 11.8 Å². The standard InChI is InChI=1S/C25H37N2O8P/c1-8-15-32-36(31,33-16-9-2)35-19(4)22(24(30)34-25(5,6)7)27-23(29)18(3)26-21(28)17-20-13-11-10-12-14-20/h8-14,18-19,22H,1-2,15-17H2,3-7H3,(H,26,28)(H,27,29)/t18-,19+,22-/m0/s1. The molecule has 0 spiro atoms. The number of benzene rings is 1. The Morgan fingerprint density at radius 2 is 1.56 bits per heavy atom. The molecule has 0 radical (unpaired) electrons. The normalized spacial score (nSPS) is 14.1. The maximum Gasteiger partial charge on any atom is 0.475 e. The van der Waals surface area contributed by atoms with Gasteiger partial charge >= 0.3 is 13.8 Å². The predicted octanol–water partition coefficient (Wildman–Crippen LogP) is 3.48. The highest BCUT2D eigenvalue weighted by Gasteiger charge is 2.38. The topological polar surface area (TPSA) is 129 Å². The molecule has 0 heterocycles. The van der Waals surface area contributed by atoms with Crippen LogP contribution in [0, 0.1) is 0 Å². The van der Waals surface area contributed by atoms with Crippen molar-refractivity contribution in [2.75, 3.05) is 13.2 Å². The van der Waals surface area contributed by atoms with Crippen LogP contribution in [-0.4, -0.2) is 54.8 Å². The van der Waals surface area contributed by atoms with Gasteiger partial charge in [0, 0.05) is 0 Å². The SMILES string of the molecule is C=CCOP(=O)(OCC=C)O[C@H](C)[C@H](NC(=O)[C@H](C)NC(=O)Cc1ccccc1)C(=O)OC(C)(C)C. The summed E-state index contributed by atoms with van der Waals surface area (Å²) < 4.78 is 34.3. The van der Waals surface area contributed by atoms with Gasteiger partial charge in [-0.15, -0.1) is 13.2 Å². The fourth-order valence-electron chi connectivity index (χ4n) is 2.80. The summed E-state index contributed by atoms with van der Waals surface area (Å²) in [7, 11) is -4.15. The van der Waals surface area contributed by atoms with Crippen molar-refractivity contribution in [1.82, 2.24) is 10.6 Å². The second-order valence-corrected chi connectivity index (χ2v) is 10.5. The Hall–Kier alpha value is -2.78. The number of nitrogens with one attached hydrogen (secondary N) is 2. The average molecular weight is 525 g/mol.